The molecule has 1 aromatic rings. The number of rotatable bonds is 5. The van der Waals surface area contributed by atoms with Gasteiger partial charge in [-0.3, -0.25) is 4.21 Å². The molecule has 0 saturated heterocycles. The minimum Gasteiger partial charge on any atom is -0.399 e. The number of halogens is 1. The van der Waals surface area contributed by atoms with Crippen molar-refractivity contribution in [3.63, 3.8) is 0 Å². The van der Waals surface area contributed by atoms with Gasteiger partial charge in [0, 0.05) is 17.2 Å². The van der Waals surface area contributed by atoms with Crippen LogP contribution >= 0.6 is 11.6 Å². The Kier molecular flexibility index (Phi) is 4.97. The lowest BCUT2D eigenvalue weighted by Crippen LogP contribution is -2.15. The van der Waals surface area contributed by atoms with E-state index in [9.17, 15) is 12.6 Å². The molecule has 1 atom stereocenters. The van der Waals surface area contributed by atoms with Gasteiger partial charge in [-0.05, 0) is 18.2 Å². The highest BCUT2D eigenvalue weighted by molar-refractivity contribution is 7.93. The molecule has 0 aromatic heterocycles. The molecule has 2 N–H and O–H groups in total. The van der Waals surface area contributed by atoms with Crippen LogP contribution in [0.5, 0.6) is 0 Å². The molecule has 96 valence electrons. The second-order valence-electron chi connectivity index (χ2n) is 3.48. The van der Waals surface area contributed by atoms with Gasteiger partial charge in [0.2, 0.25) is 0 Å². The minimum absolute atomic E-state index is 0.0410. The third-order valence-electron chi connectivity index (χ3n) is 2.22. The maximum atomic E-state index is 11.9. The van der Waals surface area contributed by atoms with Crippen LogP contribution in [0.4, 0.5) is 5.69 Å². The number of nitrogen functional groups attached to an aromatic ring is 1. The molecule has 1 rings (SSSR count). The van der Waals surface area contributed by atoms with E-state index >= 15 is 0 Å². The van der Waals surface area contributed by atoms with E-state index in [2.05, 4.69) is 0 Å². The highest BCUT2D eigenvalue weighted by atomic mass is 35.5. The molecule has 0 saturated carbocycles. The van der Waals surface area contributed by atoms with E-state index in [0.29, 0.717) is 15.6 Å². The van der Waals surface area contributed by atoms with Crippen molar-refractivity contribution in [3.8, 4) is 0 Å². The molecule has 7 heteroatoms. The fraction of sp³-hybridized carbons (Fsp3) is 0.400. The molecular weight excluding hydrogens is 282 g/mol. The van der Waals surface area contributed by atoms with Gasteiger partial charge in [-0.25, -0.2) is 8.42 Å². The smallest absolute Gasteiger partial charge is 0.150 e. The maximum absolute atomic E-state index is 11.9. The minimum atomic E-state index is -3.11. The van der Waals surface area contributed by atoms with E-state index < -0.39 is 20.6 Å². The van der Waals surface area contributed by atoms with Crippen molar-refractivity contribution in [2.75, 3.05) is 23.0 Å². The van der Waals surface area contributed by atoms with Crippen molar-refractivity contribution >= 4 is 37.9 Å². The van der Waals surface area contributed by atoms with Gasteiger partial charge in [-0.1, -0.05) is 18.5 Å². The maximum Gasteiger partial charge on any atom is 0.150 e. The summed E-state index contributed by atoms with van der Waals surface area (Å²) < 4.78 is 34.5. The molecule has 0 aliphatic heterocycles. The molecule has 17 heavy (non-hydrogen) atoms. The zero-order chi connectivity index (χ0) is 13.1. The Morgan fingerprint density at radius 2 is 2.06 bits per heavy atom. The van der Waals surface area contributed by atoms with Crippen LogP contribution in [0.25, 0.3) is 0 Å². The Morgan fingerprint density at radius 3 is 2.65 bits per heavy atom. The summed E-state index contributed by atoms with van der Waals surface area (Å²) in [6.45, 7) is 1.56. The quantitative estimate of drug-likeness (QED) is 0.834. The van der Waals surface area contributed by atoms with E-state index in [1.165, 1.54) is 6.07 Å². The molecule has 0 fully saturated rings. The summed E-state index contributed by atoms with van der Waals surface area (Å²) in [5.74, 6) is -0.0184. The molecule has 0 amide bonds. The van der Waals surface area contributed by atoms with Gasteiger partial charge in [0.1, 0.15) is 0 Å². The van der Waals surface area contributed by atoms with E-state index in [4.69, 9.17) is 17.3 Å². The van der Waals surface area contributed by atoms with Crippen molar-refractivity contribution in [1.82, 2.24) is 0 Å². The van der Waals surface area contributed by atoms with Crippen LogP contribution in [0.1, 0.15) is 6.92 Å². The average Bonchev–Trinajstić information content (AvgIpc) is 2.29. The van der Waals surface area contributed by atoms with E-state index in [1.807, 2.05) is 0 Å². The molecule has 4 nitrogen and oxygen atoms in total. The average molecular weight is 296 g/mol. The first-order valence-corrected chi connectivity index (χ1v) is 8.51. The summed E-state index contributed by atoms with van der Waals surface area (Å²) in [5.41, 5.74) is 6.02. The Hall–Kier alpha value is -0.590. The summed E-state index contributed by atoms with van der Waals surface area (Å²) in [6, 6.07) is 4.67. The van der Waals surface area contributed by atoms with E-state index in [1.54, 1.807) is 19.1 Å². The van der Waals surface area contributed by atoms with Crippen molar-refractivity contribution < 1.29 is 12.6 Å². The van der Waals surface area contributed by atoms with Crippen LogP contribution in [-0.4, -0.2) is 29.9 Å². The second kappa shape index (κ2) is 5.84. The Labute approximate surface area is 109 Å². The van der Waals surface area contributed by atoms with E-state index in [-0.39, 0.29) is 17.3 Å². The number of hydrogen-bond donors (Lipinski definition) is 1. The van der Waals surface area contributed by atoms with Gasteiger partial charge in [-0.2, -0.15) is 0 Å². The number of anilines is 1. The predicted octanol–water partition coefficient (Wildman–Crippen LogP) is 1.46. The van der Waals surface area contributed by atoms with Crippen LogP contribution in [0.3, 0.4) is 0 Å². The number of nitrogens with two attached hydrogens (primary N) is 1. The molecule has 0 radical (unpaired) electrons. The molecule has 1 aromatic carbocycles. The van der Waals surface area contributed by atoms with Gasteiger partial charge in [0.15, 0.2) is 9.84 Å². The fourth-order valence-corrected chi connectivity index (χ4v) is 4.21. The van der Waals surface area contributed by atoms with Gasteiger partial charge in [0.25, 0.3) is 0 Å². The number of benzene rings is 1. The lowest BCUT2D eigenvalue weighted by atomic mass is 10.3. The highest BCUT2D eigenvalue weighted by Crippen LogP contribution is 2.22. The Morgan fingerprint density at radius 1 is 1.41 bits per heavy atom. The lowest BCUT2D eigenvalue weighted by Gasteiger charge is -2.05. The molecule has 0 aliphatic carbocycles. The molecule has 0 aliphatic rings. The second-order valence-corrected chi connectivity index (χ2v) is 7.89. The highest BCUT2D eigenvalue weighted by Gasteiger charge is 2.14. The predicted molar refractivity (Wildman–Crippen MR) is 71.5 cm³/mol. The summed E-state index contributed by atoms with van der Waals surface area (Å²) >= 11 is 5.88. The van der Waals surface area contributed by atoms with Crippen LogP contribution in [-0.2, 0) is 20.6 Å². The van der Waals surface area contributed by atoms with Gasteiger partial charge < -0.3 is 5.73 Å². The summed E-state index contributed by atoms with van der Waals surface area (Å²) in [5, 5.41) is 0.339. The SMILES string of the molecule is CCS(=O)(=O)CCS(=O)c1cc(N)ccc1Cl. The van der Waals surface area contributed by atoms with Crippen LogP contribution < -0.4 is 5.73 Å². The summed E-state index contributed by atoms with van der Waals surface area (Å²) in [7, 11) is -4.56. The molecular formula is C10H14ClNO3S2. The molecule has 0 bridgehead atoms. The largest absolute Gasteiger partial charge is 0.399 e. The van der Waals surface area contributed by atoms with Crippen LogP contribution in [0.2, 0.25) is 5.02 Å². The zero-order valence-electron chi connectivity index (χ0n) is 9.35. The van der Waals surface area contributed by atoms with Gasteiger partial charge >= 0.3 is 0 Å². The fourth-order valence-electron chi connectivity index (χ4n) is 1.15. The third-order valence-corrected chi connectivity index (χ3v) is 6.03. The lowest BCUT2D eigenvalue weighted by molar-refractivity contribution is 0.598. The monoisotopic (exact) mass is 295 g/mol. The number of hydrogen-bond acceptors (Lipinski definition) is 4. The van der Waals surface area contributed by atoms with E-state index in [0.717, 1.165) is 0 Å². The first-order chi connectivity index (χ1) is 7.85. The third kappa shape index (κ3) is 4.29. The first kappa shape index (κ1) is 14.5. The van der Waals surface area contributed by atoms with Gasteiger partial charge in [-0.15, -0.1) is 0 Å². The van der Waals surface area contributed by atoms with Crippen molar-refractivity contribution in [3.05, 3.63) is 23.2 Å². The number of sulfone groups is 1. The van der Waals surface area contributed by atoms with Crippen LogP contribution in [0.15, 0.2) is 23.1 Å². The normalized spacial score (nSPS) is 13.5. The topological polar surface area (TPSA) is 77.2 Å². The summed E-state index contributed by atoms with van der Waals surface area (Å²) in [4.78, 5) is 0.387. The standard InChI is InChI=1S/C10H14ClNO3S2/c1-2-17(14,15)6-5-16(13)10-7-8(12)3-4-9(10)11/h3-4,7H,2,5-6,12H2,1H3. The van der Waals surface area contributed by atoms with Gasteiger partial charge in [0.05, 0.1) is 26.5 Å². The molecule has 1 unspecified atom stereocenters. The van der Waals surface area contributed by atoms with Crippen molar-refractivity contribution in [2.24, 2.45) is 0 Å². The summed E-state index contributed by atoms with van der Waals surface area (Å²) in [6.07, 6.45) is 0. The molecule has 0 heterocycles. The Balaban J connectivity index is 2.81. The molecule has 0 spiro atoms. The Bertz CT molecular complexity index is 528. The van der Waals surface area contributed by atoms with Crippen molar-refractivity contribution in [2.45, 2.75) is 11.8 Å². The first-order valence-electron chi connectivity index (χ1n) is 4.99. The zero-order valence-corrected chi connectivity index (χ0v) is 11.7. The van der Waals surface area contributed by atoms with Crippen molar-refractivity contribution in [1.29, 1.82) is 0 Å². The van der Waals surface area contributed by atoms with Crippen LogP contribution in [0, 0.1) is 0 Å².